The Hall–Kier alpha value is -0.260. The second-order valence-electron chi connectivity index (χ2n) is 8.98. The lowest BCUT2D eigenvalue weighted by atomic mass is 9.47. The molecule has 0 nitrogen and oxygen atoms in total. The maximum Gasteiger partial charge on any atom is -0.00135 e. The largest absolute Gasteiger partial charge is 0.0783 e. The summed E-state index contributed by atoms with van der Waals surface area (Å²) < 4.78 is 0. The zero-order valence-corrected chi connectivity index (χ0v) is 13.5. The van der Waals surface area contributed by atoms with Gasteiger partial charge in [-0.1, -0.05) is 67.0 Å². The Bertz CT molecular complexity index is 301. The first kappa shape index (κ1) is 14.8. The van der Waals surface area contributed by atoms with E-state index in [9.17, 15) is 0 Å². The average molecular weight is 236 g/mol. The van der Waals surface area contributed by atoms with E-state index in [0.717, 1.165) is 0 Å². The lowest BCUT2D eigenvalue weighted by Gasteiger charge is -2.57. The quantitative estimate of drug-likeness (QED) is 0.464. The molecule has 1 aliphatic carbocycles. The van der Waals surface area contributed by atoms with Gasteiger partial charge in [-0.2, -0.15) is 0 Å². The van der Waals surface area contributed by atoms with E-state index in [2.05, 4.69) is 68.4 Å². The van der Waals surface area contributed by atoms with Gasteiger partial charge in [0.1, 0.15) is 0 Å². The maximum atomic E-state index is 2.60. The molecule has 0 aromatic heterocycles. The molecule has 0 radical (unpaired) electrons. The first-order valence-corrected chi connectivity index (χ1v) is 6.99. The van der Waals surface area contributed by atoms with Crippen LogP contribution in [0.5, 0.6) is 0 Å². The highest BCUT2D eigenvalue weighted by molar-refractivity contribution is 5.21. The number of hydrogen-bond acceptors (Lipinski definition) is 0. The van der Waals surface area contributed by atoms with Crippen molar-refractivity contribution in [1.29, 1.82) is 0 Å². The van der Waals surface area contributed by atoms with Gasteiger partial charge in [0.05, 0.1) is 0 Å². The van der Waals surface area contributed by atoms with Gasteiger partial charge in [-0.3, -0.25) is 0 Å². The van der Waals surface area contributed by atoms with Crippen molar-refractivity contribution in [2.24, 2.45) is 21.7 Å². The van der Waals surface area contributed by atoms with Gasteiger partial charge in [0.2, 0.25) is 0 Å². The van der Waals surface area contributed by atoms with Gasteiger partial charge in [-0.25, -0.2) is 0 Å². The Labute approximate surface area is 109 Å². The van der Waals surface area contributed by atoms with Crippen LogP contribution >= 0.6 is 0 Å². The highest BCUT2D eigenvalue weighted by atomic mass is 14.6. The molecule has 0 spiro atoms. The third-order valence-corrected chi connectivity index (χ3v) is 4.68. The zero-order chi connectivity index (χ0) is 13.7. The van der Waals surface area contributed by atoms with Gasteiger partial charge in [0.25, 0.3) is 0 Å². The highest BCUT2D eigenvalue weighted by Crippen LogP contribution is 2.61. The van der Waals surface area contributed by atoms with E-state index in [0.29, 0.717) is 21.7 Å². The van der Waals surface area contributed by atoms with Crippen molar-refractivity contribution in [3.05, 3.63) is 11.6 Å². The summed E-state index contributed by atoms with van der Waals surface area (Å²) in [4.78, 5) is 0. The molecule has 0 N–H and O–H groups in total. The van der Waals surface area contributed by atoms with E-state index in [4.69, 9.17) is 0 Å². The summed E-state index contributed by atoms with van der Waals surface area (Å²) in [6.07, 6.45) is 5.14. The van der Waals surface area contributed by atoms with Crippen LogP contribution in [0, 0.1) is 21.7 Å². The summed E-state index contributed by atoms with van der Waals surface area (Å²) in [5, 5.41) is 0. The summed E-state index contributed by atoms with van der Waals surface area (Å²) in [5.74, 6) is 0. The van der Waals surface area contributed by atoms with Crippen molar-refractivity contribution in [3.8, 4) is 0 Å². The Kier molecular flexibility index (Phi) is 3.37. The molecule has 1 aliphatic rings. The van der Waals surface area contributed by atoms with Crippen LogP contribution in [0.3, 0.4) is 0 Å². The maximum absolute atomic E-state index is 2.60. The highest BCUT2D eigenvalue weighted by Gasteiger charge is 2.52. The molecule has 0 fully saturated rings. The molecule has 0 aliphatic heterocycles. The van der Waals surface area contributed by atoms with E-state index in [1.807, 2.05) is 0 Å². The van der Waals surface area contributed by atoms with Crippen LogP contribution < -0.4 is 0 Å². The van der Waals surface area contributed by atoms with Crippen LogP contribution in [-0.4, -0.2) is 0 Å². The van der Waals surface area contributed by atoms with Crippen molar-refractivity contribution >= 4 is 0 Å². The third-order valence-electron chi connectivity index (χ3n) is 4.68. The molecule has 0 saturated heterocycles. The SMILES string of the molecule is CC1=CC(C(C)(C)C)(C(C)(C)C)CC(C)(C)C1. The Morgan fingerprint density at radius 3 is 1.65 bits per heavy atom. The van der Waals surface area contributed by atoms with Crippen LogP contribution in [0.2, 0.25) is 0 Å². The monoisotopic (exact) mass is 236 g/mol. The van der Waals surface area contributed by atoms with Crippen molar-refractivity contribution in [3.63, 3.8) is 0 Å². The Balaban J connectivity index is 3.41. The van der Waals surface area contributed by atoms with Crippen molar-refractivity contribution < 1.29 is 0 Å². The molecule has 0 heterocycles. The van der Waals surface area contributed by atoms with E-state index in [1.165, 1.54) is 12.8 Å². The fraction of sp³-hybridized carbons (Fsp3) is 0.882. The Morgan fingerprint density at radius 1 is 0.941 bits per heavy atom. The molecule has 0 unspecified atom stereocenters. The van der Waals surface area contributed by atoms with Crippen LogP contribution in [0.1, 0.15) is 75.2 Å². The van der Waals surface area contributed by atoms with Gasteiger partial charge >= 0.3 is 0 Å². The second-order valence-corrected chi connectivity index (χ2v) is 8.98. The summed E-state index contributed by atoms with van der Waals surface area (Å²) in [6, 6.07) is 0. The predicted octanol–water partition coefficient (Wildman–Crippen LogP) is 5.83. The summed E-state index contributed by atoms with van der Waals surface area (Å²) in [6.45, 7) is 21.6. The smallest absolute Gasteiger partial charge is 0.00135 e. The lowest BCUT2D eigenvalue weighted by Crippen LogP contribution is -2.49. The molecule has 17 heavy (non-hydrogen) atoms. The fourth-order valence-corrected chi connectivity index (χ4v) is 4.18. The van der Waals surface area contributed by atoms with E-state index in [-0.39, 0.29) is 0 Å². The molecule has 0 amide bonds. The lowest BCUT2D eigenvalue weighted by molar-refractivity contribution is -0.0319. The topological polar surface area (TPSA) is 0 Å². The van der Waals surface area contributed by atoms with Crippen LogP contribution in [-0.2, 0) is 0 Å². The van der Waals surface area contributed by atoms with Crippen LogP contribution in [0.15, 0.2) is 11.6 Å². The third kappa shape index (κ3) is 2.61. The first-order chi connectivity index (χ1) is 7.31. The molecule has 0 bridgehead atoms. The van der Waals surface area contributed by atoms with Gasteiger partial charge in [0.15, 0.2) is 0 Å². The minimum Gasteiger partial charge on any atom is -0.0783 e. The van der Waals surface area contributed by atoms with Gasteiger partial charge in [-0.05, 0) is 41.4 Å². The molecule has 100 valence electrons. The zero-order valence-electron chi connectivity index (χ0n) is 13.5. The van der Waals surface area contributed by atoms with E-state index >= 15 is 0 Å². The molecule has 0 atom stereocenters. The minimum atomic E-state index is 0.297. The average Bonchev–Trinajstić information content (AvgIpc) is 1.95. The summed E-state index contributed by atoms with van der Waals surface area (Å²) in [5.41, 5.74) is 2.92. The van der Waals surface area contributed by atoms with Gasteiger partial charge in [0, 0.05) is 0 Å². The minimum absolute atomic E-state index is 0.297. The van der Waals surface area contributed by atoms with Gasteiger partial charge in [-0.15, -0.1) is 0 Å². The van der Waals surface area contributed by atoms with Crippen LogP contribution in [0.25, 0.3) is 0 Å². The predicted molar refractivity (Wildman–Crippen MR) is 78.1 cm³/mol. The number of hydrogen-bond donors (Lipinski definition) is 0. The molecule has 0 aromatic carbocycles. The first-order valence-electron chi connectivity index (χ1n) is 6.99. The molecule has 0 saturated carbocycles. The van der Waals surface area contributed by atoms with Gasteiger partial charge < -0.3 is 0 Å². The summed E-state index contributed by atoms with van der Waals surface area (Å²) in [7, 11) is 0. The fourth-order valence-electron chi connectivity index (χ4n) is 4.18. The van der Waals surface area contributed by atoms with E-state index < -0.39 is 0 Å². The molecule has 0 heteroatoms. The molecular weight excluding hydrogens is 204 g/mol. The number of allylic oxidation sites excluding steroid dienone is 2. The Morgan fingerprint density at radius 2 is 1.35 bits per heavy atom. The number of rotatable bonds is 0. The van der Waals surface area contributed by atoms with Crippen LogP contribution in [0.4, 0.5) is 0 Å². The second kappa shape index (κ2) is 3.87. The molecule has 1 rings (SSSR count). The van der Waals surface area contributed by atoms with E-state index in [1.54, 1.807) is 5.57 Å². The van der Waals surface area contributed by atoms with Crippen molar-refractivity contribution in [2.45, 2.75) is 75.2 Å². The normalized spacial score (nSPS) is 24.4. The summed E-state index contributed by atoms with van der Waals surface area (Å²) >= 11 is 0. The van der Waals surface area contributed by atoms with Crippen molar-refractivity contribution in [2.75, 3.05) is 0 Å². The van der Waals surface area contributed by atoms with Crippen molar-refractivity contribution in [1.82, 2.24) is 0 Å². The molecule has 0 aromatic rings. The standard InChI is InChI=1S/C17H32/c1-13-10-16(8,9)12-17(11-13,14(2,3)4)15(5,6)7/h11H,10,12H2,1-9H3. The molecular formula is C17H32.